The van der Waals surface area contributed by atoms with Crippen LogP contribution in [0.5, 0.6) is 0 Å². The molecule has 0 aliphatic heterocycles. The van der Waals surface area contributed by atoms with E-state index in [4.69, 9.17) is 10.2 Å². The fourth-order valence-electron chi connectivity index (χ4n) is 1.02. The molecular weight excluding hydrogens is 309 g/mol. The normalized spacial score (nSPS) is 10.4. The Morgan fingerprint density at radius 2 is 1.80 bits per heavy atom. The summed E-state index contributed by atoms with van der Waals surface area (Å²) >= 11 is 2.15. The molecule has 4 nitrogen and oxygen atoms in total. The van der Waals surface area contributed by atoms with Gasteiger partial charge in [-0.05, 0) is 46.9 Å². The summed E-state index contributed by atoms with van der Waals surface area (Å²) in [4.78, 5) is 11.5. The van der Waals surface area contributed by atoms with Gasteiger partial charge in [-0.15, -0.1) is 0 Å². The van der Waals surface area contributed by atoms with Crippen molar-refractivity contribution in [1.29, 1.82) is 0 Å². The Morgan fingerprint density at radius 3 is 2.27 bits per heavy atom. The first-order chi connectivity index (χ1) is 7.17. The molecule has 0 aliphatic rings. The molecule has 1 aromatic rings. The smallest absolute Gasteiger partial charge is 0.251 e. The van der Waals surface area contributed by atoms with Gasteiger partial charge in [0.05, 0.1) is 19.3 Å². The van der Waals surface area contributed by atoms with E-state index in [2.05, 4.69) is 27.9 Å². The first-order valence-corrected chi connectivity index (χ1v) is 5.53. The number of nitrogens with one attached hydrogen (secondary N) is 1. The third kappa shape index (κ3) is 3.77. The fraction of sp³-hybridized carbons (Fsp3) is 0.300. The molecule has 0 bridgehead atoms. The zero-order valence-corrected chi connectivity index (χ0v) is 10.1. The highest BCUT2D eigenvalue weighted by molar-refractivity contribution is 14.1. The number of carbonyl (C=O) groups is 1. The van der Waals surface area contributed by atoms with Crippen molar-refractivity contribution < 1.29 is 15.0 Å². The fourth-order valence-corrected chi connectivity index (χ4v) is 1.38. The summed E-state index contributed by atoms with van der Waals surface area (Å²) in [5.41, 5.74) is 0.516. The molecule has 0 aromatic heterocycles. The van der Waals surface area contributed by atoms with Crippen molar-refractivity contribution in [2.24, 2.45) is 0 Å². The minimum absolute atomic E-state index is 0.271. The van der Waals surface area contributed by atoms with Crippen LogP contribution in [0.1, 0.15) is 10.4 Å². The van der Waals surface area contributed by atoms with E-state index < -0.39 is 6.04 Å². The van der Waals surface area contributed by atoms with E-state index in [1.807, 2.05) is 12.1 Å². The predicted octanol–water partition coefficient (Wildman–Crippen LogP) is 0.374. The second kappa shape index (κ2) is 6.04. The third-order valence-corrected chi connectivity index (χ3v) is 2.60. The van der Waals surface area contributed by atoms with E-state index in [1.165, 1.54) is 0 Å². The number of rotatable bonds is 4. The maximum absolute atomic E-state index is 11.5. The minimum Gasteiger partial charge on any atom is -0.394 e. The third-order valence-electron chi connectivity index (χ3n) is 1.88. The van der Waals surface area contributed by atoms with Gasteiger partial charge < -0.3 is 15.5 Å². The number of halogens is 1. The molecule has 0 saturated carbocycles. The van der Waals surface area contributed by atoms with Crippen LogP contribution in [-0.2, 0) is 0 Å². The van der Waals surface area contributed by atoms with Crippen molar-refractivity contribution in [3.63, 3.8) is 0 Å². The minimum atomic E-state index is -0.600. The first-order valence-electron chi connectivity index (χ1n) is 4.45. The van der Waals surface area contributed by atoms with Crippen LogP contribution in [0.25, 0.3) is 0 Å². The maximum Gasteiger partial charge on any atom is 0.251 e. The average Bonchev–Trinajstić information content (AvgIpc) is 2.26. The van der Waals surface area contributed by atoms with Gasteiger partial charge in [-0.1, -0.05) is 0 Å². The number of aliphatic hydroxyl groups excluding tert-OH is 2. The molecule has 0 radical (unpaired) electrons. The largest absolute Gasteiger partial charge is 0.394 e. The van der Waals surface area contributed by atoms with Gasteiger partial charge in [0, 0.05) is 9.13 Å². The Morgan fingerprint density at radius 1 is 1.27 bits per heavy atom. The highest BCUT2D eigenvalue weighted by Gasteiger charge is 2.11. The Kier molecular flexibility index (Phi) is 5.00. The second-order valence-electron chi connectivity index (χ2n) is 3.04. The Hall–Kier alpha value is -0.660. The van der Waals surface area contributed by atoms with Crippen LogP contribution < -0.4 is 5.32 Å². The molecule has 1 amide bonds. The Bertz CT molecular complexity index is 322. The van der Waals surface area contributed by atoms with Gasteiger partial charge in [-0.2, -0.15) is 0 Å². The van der Waals surface area contributed by atoms with Crippen LogP contribution in [-0.4, -0.2) is 35.4 Å². The summed E-state index contributed by atoms with van der Waals surface area (Å²) in [6, 6.07) is 6.44. The van der Waals surface area contributed by atoms with Gasteiger partial charge in [0.25, 0.3) is 5.91 Å². The SMILES string of the molecule is O=C(NC(CO)CO)c1ccc(I)cc1. The van der Waals surface area contributed by atoms with Gasteiger partial charge in [-0.25, -0.2) is 0 Å². The Labute approximate surface area is 101 Å². The number of benzene rings is 1. The van der Waals surface area contributed by atoms with Gasteiger partial charge in [-0.3, -0.25) is 4.79 Å². The lowest BCUT2D eigenvalue weighted by Crippen LogP contribution is -2.40. The monoisotopic (exact) mass is 321 g/mol. The Balaban J connectivity index is 2.64. The molecule has 0 heterocycles. The lowest BCUT2D eigenvalue weighted by molar-refractivity contribution is 0.0879. The van der Waals surface area contributed by atoms with E-state index in [0.717, 1.165) is 3.57 Å². The summed E-state index contributed by atoms with van der Waals surface area (Å²) in [5, 5.41) is 20.1. The standard InChI is InChI=1S/C10H12INO3/c11-8-3-1-7(2-4-8)10(15)12-9(5-13)6-14/h1-4,9,13-14H,5-6H2,(H,12,15). The van der Waals surface area contributed by atoms with E-state index >= 15 is 0 Å². The molecule has 0 unspecified atom stereocenters. The lowest BCUT2D eigenvalue weighted by Gasteiger charge is -2.13. The number of amides is 1. The average molecular weight is 321 g/mol. The molecule has 0 fully saturated rings. The number of hydrogen-bond acceptors (Lipinski definition) is 3. The van der Waals surface area contributed by atoms with Gasteiger partial charge >= 0.3 is 0 Å². The lowest BCUT2D eigenvalue weighted by atomic mass is 10.2. The molecule has 5 heteroatoms. The molecule has 82 valence electrons. The van der Waals surface area contributed by atoms with Crippen LogP contribution >= 0.6 is 22.6 Å². The molecular formula is C10H12INO3. The summed E-state index contributed by atoms with van der Waals surface area (Å²) in [6.45, 7) is -0.542. The van der Waals surface area contributed by atoms with E-state index in [9.17, 15) is 4.79 Å². The van der Waals surface area contributed by atoms with Gasteiger partial charge in [0.15, 0.2) is 0 Å². The van der Waals surface area contributed by atoms with Gasteiger partial charge in [0.2, 0.25) is 0 Å². The molecule has 0 aliphatic carbocycles. The van der Waals surface area contributed by atoms with Crippen molar-refractivity contribution in [3.05, 3.63) is 33.4 Å². The first kappa shape index (κ1) is 12.4. The van der Waals surface area contributed by atoms with Crippen molar-refractivity contribution >= 4 is 28.5 Å². The summed E-state index contributed by atoms with van der Waals surface area (Å²) in [7, 11) is 0. The number of carbonyl (C=O) groups excluding carboxylic acids is 1. The topological polar surface area (TPSA) is 69.6 Å². The van der Waals surface area contributed by atoms with Crippen LogP contribution in [0.2, 0.25) is 0 Å². The van der Waals surface area contributed by atoms with Crippen LogP contribution in [0.15, 0.2) is 24.3 Å². The van der Waals surface area contributed by atoms with E-state index in [1.54, 1.807) is 12.1 Å². The highest BCUT2D eigenvalue weighted by atomic mass is 127. The maximum atomic E-state index is 11.5. The number of hydrogen-bond donors (Lipinski definition) is 3. The molecule has 0 saturated heterocycles. The highest BCUT2D eigenvalue weighted by Crippen LogP contribution is 2.06. The molecule has 0 atom stereocenters. The molecule has 0 spiro atoms. The predicted molar refractivity (Wildman–Crippen MR) is 64.6 cm³/mol. The van der Waals surface area contributed by atoms with Crippen LogP contribution in [0.4, 0.5) is 0 Å². The van der Waals surface area contributed by atoms with Crippen molar-refractivity contribution in [2.45, 2.75) is 6.04 Å². The van der Waals surface area contributed by atoms with Crippen molar-refractivity contribution in [1.82, 2.24) is 5.32 Å². The quantitative estimate of drug-likeness (QED) is 0.702. The van der Waals surface area contributed by atoms with Gasteiger partial charge in [0.1, 0.15) is 0 Å². The molecule has 1 rings (SSSR count). The molecule has 15 heavy (non-hydrogen) atoms. The summed E-state index contributed by atoms with van der Waals surface area (Å²) in [6.07, 6.45) is 0. The summed E-state index contributed by atoms with van der Waals surface area (Å²) < 4.78 is 1.05. The molecule has 3 N–H and O–H groups in total. The zero-order valence-electron chi connectivity index (χ0n) is 7.98. The second-order valence-corrected chi connectivity index (χ2v) is 4.29. The van der Waals surface area contributed by atoms with E-state index in [0.29, 0.717) is 5.56 Å². The van der Waals surface area contributed by atoms with Crippen LogP contribution in [0, 0.1) is 3.57 Å². The number of aliphatic hydroxyl groups is 2. The zero-order chi connectivity index (χ0) is 11.3. The summed E-state index contributed by atoms with van der Waals surface area (Å²) in [5.74, 6) is -0.292. The van der Waals surface area contributed by atoms with Crippen LogP contribution in [0.3, 0.4) is 0 Å². The van der Waals surface area contributed by atoms with Crippen molar-refractivity contribution in [3.8, 4) is 0 Å². The van der Waals surface area contributed by atoms with Crippen molar-refractivity contribution in [2.75, 3.05) is 13.2 Å². The van der Waals surface area contributed by atoms with E-state index in [-0.39, 0.29) is 19.1 Å². The molecule has 1 aromatic carbocycles.